The number of rotatable bonds is 5. The minimum Gasteiger partial charge on any atom is -0.481 e. The molecule has 0 saturated heterocycles. The van der Waals surface area contributed by atoms with Crippen molar-refractivity contribution in [3.05, 3.63) is 56.8 Å². The number of amides is 1. The van der Waals surface area contributed by atoms with Crippen molar-refractivity contribution < 1.29 is 19.4 Å². The predicted molar refractivity (Wildman–Crippen MR) is 99.8 cm³/mol. The molecule has 0 bridgehead atoms. The lowest BCUT2D eigenvalue weighted by Gasteiger charge is -2.12. The van der Waals surface area contributed by atoms with E-state index in [9.17, 15) is 14.4 Å². The second-order valence-corrected chi connectivity index (χ2v) is 6.21. The Bertz CT molecular complexity index is 1090. The highest BCUT2D eigenvalue weighted by Crippen LogP contribution is 2.39. The van der Waals surface area contributed by atoms with Gasteiger partial charge in [-0.3, -0.25) is 14.4 Å². The van der Waals surface area contributed by atoms with E-state index in [0.717, 1.165) is 0 Å². The summed E-state index contributed by atoms with van der Waals surface area (Å²) >= 11 is 12.4. The Morgan fingerprint density at radius 1 is 1.15 bits per heavy atom. The third-order valence-electron chi connectivity index (χ3n) is 3.45. The van der Waals surface area contributed by atoms with Gasteiger partial charge >= 0.3 is 5.97 Å². The van der Waals surface area contributed by atoms with E-state index in [1.54, 1.807) is 24.3 Å². The number of aliphatic carboxylic acids is 1. The number of carbonyl (C=O) groups excluding carboxylic acids is 1. The number of aromatic amines is 1. The summed E-state index contributed by atoms with van der Waals surface area (Å²) in [5.41, 5.74) is -0.158. The van der Waals surface area contributed by atoms with Crippen LogP contribution >= 0.6 is 23.2 Å². The molecule has 10 heteroatoms. The maximum Gasteiger partial charge on any atom is 0.312 e. The van der Waals surface area contributed by atoms with E-state index in [-0.39, 0.29) is 32.9 Å². The summed E-state index contributed by atoms with van der Waals surface area (Å²) in [4.78, 5) is 33.9. The molecule has 0 atom stereocenters. The Labute approximate surface area is 161 Å². The van der Waals surface area contributed by atoms with E-state index in [0.29, 0.717) is 10.8 Å². The SMILES string of the molecule is O=C(O)CC(=O)Nc1cc(Cl)c(Oc2n[nH]c(=O)c3ccccc23)c(Cl)c1. The highest BCUT2D eigenvalue weighted by Gasteiger charge is 2.16. The van der Waals surface area contributed by atoms with E-state index in [2.05, 4.69) is 15.5 Å². The molecule has 0 radical (unpaired) electrons. The van der Waals surface area contributed by atoms with Crippen molar-refractivity contribution in [3.8, 4) is 11.6 Å². The van der Waals surface area contributed by atoms with Crippen molar-refractivity contribution in [2.45, 2.75) is 6.42 Å². The molecule has 1 heterocycles. The Morgan fingerprint density at radius 2 is 1.78 bits per heavy atom. The number of ether oxygens (including phenoxy) is 1. The highest BCUT2D eigenvalue weighted by atomic mass is 35.5. The zero-order valence-corrected chi connectivity index (χ0v) is 15.0. The van der Waals surface area contributed by atoms with Gasteiger partial charge in [-0.1, -0.05) is 35.3 Å². The zero-order valence-electron chi connectivity index (χ0n) is 13.5. The number of halogens is 2. The van der Waals surface area contributed by atoms with Gasteiger partial charge in [0.05, 0.1) is 20.8 Å². The van der Waals surface area contributed by atoms with Crippen LogP contribution in [-0.4, -0.2) is 27.2 Å². The molecule has 3 aromatic rings. The Kier molecular flexibility index (Phi) is 5.29. The molecule has 1 amide bonds. The largest absolute Gasteiger partial charge is 0.481 e. The third kappa shape index (κ3) is 4.18. The van der Waals surface area contributed by atoms with Crippen LogP contribution in [0.5, 0.6) is 11.6 Å². The van der Waals surface area contributed by atoms with Gasteiger partial charge in [0.15, 0.2) is 5.75 Å². The number of aromatic nitrogens is 2. The van der Waals surface area contributed by atoms with Crippen molar-refractivity contribution in [2.75, 3.05) is 5.32 Å². The summed E-state index contributed by atoms with van der Waals surface area (Å²) < 4.78 is 5.68. The van der Waals surface area contributed by atoms with Gasteiger partial charge in [0.1, 0.15) is 6.42 Å². The lowest BCUT2D eigenvalue weighted by molar-refractivity contribution is -0.139. The molecule has 3 N–H and O–H groups in total. The first-order valence-corrected chi connectivity index (χ1v) is 8.26. The lowest BCUT2D eigenvalue weighted by Crippen LogP contribution is -2.15. The number of anilines is 1. The summed E-state index contributed by atoms with van der Waals surface area (Å²) in [7, 11) is 0. The topological polar surface area (TPSA) is 121 Å². The number of carboxylic acids is 1. The second kappa shape index (κ2) is 7.65. The molecule has 0 fully saturated rings. The van der Waals surface area contributed by atoms with Gasteiger partial charge in [0, 0.05) is 5.69 Å². The molecule has 2 aromatic carbocycles. The summed E-state index contributed by atoms with van der Waals surface area (Å²) in [5.74, 6) is -1.83. The number of carbonyl (C=O) groups is 2. The molecule has 0 aliphatic carbocycles. The Balaban J connectivity index is 1.93. The summed E-state index contributed by atoms with van der Waals surface area (Å²) in [5, 5.41) is 18.2. The van der Waals surface area contributed by atoms with Gasteiger partial charge in [-0.05, 0) is 24.3 Å². The molecule has 0 spiro atoms. The monoisotopic (exact) mass is 407 g/mol. The van der Waals surface area contributed by atoms with Crippen LogP contribution in [0.15, 0.2) is 41.2 Å². The maximum absolute atomic E-state index is 11.8. The van der Waals surface area contributed by atoms with Crippen LogP contribution in [0.3, 0.4) is 0 Å². The lowest BCUT2D eigenvalue weighted by atomic mass is 10.2. The van der Waals surface area contributed by atoms with E-state index in [1.165, 1.54) is 12.1 Å². The Hall–Kier alpha value is -3.10. The minimum atomic E-state index is -1.26. The van der Waals surface area contributed by atoms with E-state index >= 15 is 0 Å². The molecule has 138 valence electrons. The fourth-order valence-electron chi connectivity index (χ4n) is 2.34. The smallest absolute Gasteiger partial charge is 0.312 e. The zero-order chi connectivity index (χ0) is 19.6. The average Bonchev–Trinajstić information content (AvgIpc) is 2.59. The minimum absolute atomic E-state index is 0.0604. The van der Waals surface area contributed by atoms with Crippen LogP contribution in [-0.2, 0) is 9.59 Å². The maximum atomic E-state index is 11.8. The number of hydrogen-bond donors (Lipinski definition) is 3. The molecule has 0 aliphatic rings. The summed E-state index contributed by atoms with van der Waals surface area (Å²) in [6.07, 6.45) is -0.694. The molecule has 0 aliphatic heterocycles. The fourth-order valence-corrected chi connectivity index (χ4v) is 2.90. The molecule has 1 aromatic heterocycles. The van der Waals surface area contributed by atoms with Crippen molar-refractivity contribution in [1.29, 1.82) is 0 Å². The van der Waals surface area contributed by atoms with Gasteiger partial charge in [-0.25, -0.2) is 5.10 Å². The van der Waals surface area contributed by atoms with Crippen LogP contribution < -0.4 is 15.6 Å². The molecule has 8 nitrogen and oxygen atoms in total. The van der Waals surface area contributed by atoms with E-state index in [1.807, 2.05) is 0 Å². The first kappa shape index (κ1) is 18.7. The van der Waals surface area contributed by atoms with E-state index < -0.39 is 18.3 Å². The molecule has 0 unspecified atom stereocenters. The molecule has 27 heavy (non-hydrogen) atoms. The van der Waals surface area contributed by atoms with Crippen LogP contribution in [0.2, 0.25) is 10.0 Å². The van der Waals surface area contributed by atoms with Crippen LogP contribution in [0.4, 0.5) is 5.69 Å². The van der Waals surface area contributed by atoms with Crippen LogP contribution in [0.1, 0.15) is 6.42 Å². The van der Waals surface area contributed by atoms with Crippen molar-refractivity contribution >= 4 is 51.5 Å². The van der Waals surface area contributed by atoms with Gasteiger partial charge in [0.25, 0.3) is 5.56 Å². The first-order valence-electron chi connectivity index (χ1n) is 7.51. The number of nitrogens with one attached hydrogen (secondary N) is 2. The third-order valence-corrected chi connectivity index (χ3v) is 4.02. The Morgan fingerprint density at radius 3 is 2.41 bits per heavy atom. The number of fused-ring (bicyclic) bond motifs is 1. The number of benzene rings is 2. The van der Waals surface area contributed by atoms with Crippen LogP contribution in [0, 0.1) is 0 Å². The van der Waals surface area contributed by atoms with Crippen LogP contribution in [0.25, 0.3) is 10.8 Å². The average molecular weight is 408 g/mol. The van der Waals surface area contributed by atoms with Gasteiger partial charge < -0.3 is 15.2 Å². The van der Waals surface area contributed by atoms with Crippen molar-refractivity contribution in [3.63, 3.8) is 0 Å². The highest BCUT2D eigenvalue weighted by molar-refractivity contribution is 6.37. The van der Waals surface area contributed by atoms with Crippen molar-refractivity contribution in [2.24, 2.45) is 0 Å². The molecule has 0 saturated carbocycles. The van der Waals surface area contributed by atoms with Gasteiger partial charge in [-0.2, -0.15) is 0 Å². The number of hydrogen-bond acceptors (Lipinski definition) is 5. The fraction of sp³-hybridized carbons (Fsp3) is 0.0588. The van der Waals surface area contributed by atoms with Crippen molar-refractivity contribution in [1.82, 2.24) is 10.2 Å². The molecular weight excluding hydrogens is 397 g/mol. The first-order chi connectivity index (χ1) is 12.8. The summed E-state index contributed by atoms with van der Waals surface area (Å²) in [6, 6.07) is 9.42. The second-order valence-electron chi connectivity index (χ2n) is 5.39. The number of carboxylic acid groups (broad SMARTS) is 1. The van der Waals surface area contributed by atoms with Gasteiger partial charge in [0.2, 0.25) is 11.8 Å². The predicted octanol–water partition coefficient (Wildman–Crippen LogP) is 3.44. The molecule has 3 rings (SSSR count). The number of nitrogens with zero attached hydrogens (tertiary/aromatic N) is 1. The summed E-state index contributed by atoms with van der Waals surface area (Å²) in [6.45, 7) is 0. The number of H-pyrrole nitrogens is 1. The van der Waals surface area contributed by atoms with Gasteiger partial charge in [-0.15, -0.1) is 5.10 Å². The standard InChI is InChI=1S/C17H11Cl2N3O5/c18-11-5-8(20-13(23)7-14(24)25)6-12(19)15(11)27-17-10-4-2-1-3-9(10)16(26)21-22-17/h1-6H,7H2,(H,20,23)(H,21,26)(H,24,25). The van der Waals surface area contributed by atoms with E-state index in [4.69, 9.17) is 33.0 Å². The quantitative estimate of drug-likeness (QED) is 0.556. The normalized spacial score (nSPS) is 10.6. The molecular formula is C17H11Cl2N3O5.